The van der Waals surface area contributed by atoms with Gasteiger partial charge < -0.3 is 9.72 Å². The molecule has 1 aromatic heterocycles. The van der Waals surface area contributed by atoms with Crippen LogP contribution < -0.4 is 10.3 Å². The lowest BCUT2D eigenvalue weighted by Gasteiger charge is -2.04. The van der Waals surface area contributed by atoms with Crippen molar-refractivity contribution >= 4 is 10.9 Å². The highest BCUT2D eigenvalue weighted by atomic mass is 16.5. The lowest BCUT2D eigenvalue weighted by atomic mass is 10.2. The third-order valence-corrected chi connectivity index (χ3v) is 2.06. The number of H-pyrrole nitrogens is 1. The highest BCUT2D eigenvalue weighted by Gasteiger charge is 1.97. The van der Waals surface area contributed by atoms with Gasteiger partial charge in [-0.05, 0) is 23.6 Å². The van der Waals surface area contributed by atoms with Crippen LogP contribution in [0.4, 0.5) is 0 Å². The Kier molecular flexibility index (Phi) is 2.54. The molecule has 3 nitrogen and oxygen atoms in total. The lowest BCUT2D eigenvalue weighted by Crippen LogP contribution is -2.02. The van der Waals surface area contributed by atoms with Gasteiger partial charge in [0.1, 0.15) is 12.4 Å². The van der Waals surface area contributed by atoms with Gasteiger partial charge in [0.15, 0.2) is 0 Å². The first kappa shape index (κ1) is 9.52. The van der Waals surface area contributed by atoms with E-state index in [2.05, 4.69) is 11.6 Å². The molecule has 0 saturated heterocycles. The van der Waals surface area contributed by atoms with Gasteiger partial charge >= 0.3 is 0 Å². The molecule has 0 amide bonds. The summed E-state index contributed by atoms with van der Waals surface area (Å²) in [5.41, 5.74) is 0.674. The molecule has 2 aromatic rings. The molecule has 1 aromatic carbocycles. The molecule has 0 saturated carbocycles. The number of hydrogen-bond acceptors (Lipinski definition) is 2. The first-order chi connectivity index (χ1) is 7.29. The van der Waals surface area contributed by atoms with E-state index in [-0.39, 0.29) is 5.56 Å². The Morgan fingerprint density at radius 1 is 1.33 bits per heavy atom. The van der Waals surface area contributed by atoms with Gasteiger partial charge in [0, 0.05) is 12.1 Å². The van der Waals surface area contributed by atoms with E-state index in [0.29, 0.717) is 6.61 Å². The van der Waals surface area contributed by atoms with Crippen LogP contribution >= 0.6 is 0 Å². The molecule has 1 heterocycles. The van der Waals surface area contributed by atoms with Crippen LogP contribution in [0, 0.1) is 0 Å². The second kappa shape index (κ2) is 4.00. The van der Waals surface area contributed by atoms with Gasteiger partial charge in [-0.1, -0.05) is 12.7 Å². The summed E-state index contributed by atoms with van der Waals surface area (Å²) in [6, 6.07) is 8.87. The van der Waals surface area contributed by atoms with Gasteiger partial charge in [0.2, 0.25) is 5.56 Å². The Balaban J connectivity index is 2.44. The first-order valence-electron chi connectivity index (χ1n) is 4.66. The Morgan fingerprint density at radius 2 is 2.13 bits per heavy atom. The number of aromatic amines is 1. The van der Waals surface area contributed by atoms with Gasteiger partial charge in [-0.15, -0.1) is 0 Å². The maximum Gasteiger partial charge on any atom is 0.248 e. The van der Waals surface area contributed by atoms with Crippen LogP contribution in [0.15, 0.2) is 47.8 Å². The van der Waals surface area contributed by atoms with E-state index in [0.717, 1.165) is 16.7 Å². The van der Waals surface area contributed by atoms with Crippen molar-refractivity contribution in [3.8, 4) is 5.75 Å². The summed E-state index contributed by atoms with van der Waals surface area (Å²) in [6.07, 6.45) is 1.68. The van der Waals surface area contributed by atoms with E-state index in [1.807, 2.05) is 12.1 Å². The number of rotatable bonds is 3. The largest absolute Gasteiger partial charge is 0.489 e. The number of nitrogens with one attached hydrogen (secondary N) is 1. The minimum absolute atomic E-state index is 0.108. The molecule has 15 heavy (non-hydrogen) atoms. The van der Waals surface area contributed by atoms with Crippen LogP contribution in [-0.4, -0.2) is 11.6 Å². The Labute approximate surface area is 87.0 Å². The summed E-state index contributed by atoms with van der Waals surface area (Å²) >= 11 is 0. The molecule has 0 bridgehead atoms. The van der Waals surface area contributed by atoms with E-state index in [1.165, 1.54) is 6.07 Å². The summed E-state index contributed by atoms with van der Waals surface area (Å²) in [5.74, 6) is 0.726. The van der Waals surface area contributed by atoms with Gasteiger partial charge in [0.05, 0.1) is 5.52 Å². The molecular formula is C12H11NO2. The number of ether oxygens (including phenoxy) is 1. The molecule has 0 fully saturated rings. The first-order valence-corrected chi connectivity index (χ1v) is 4.66. The van der Waals surface area contributed by atoms with Crippen LogP contribution in [0.1, 0.15) is 0 Å². The molecule has 1 N–H and O–H groups in total. The Hall–Kier alpha value is -2.03. The number of benzene rings is 1. The lowest BCUT2D eigenvalue weighted by molar-refractivity contribution is 0.363. The zero-order valence-corrected chi connectivity index (χ0v) is 8.19. The quantitative estimate of drug-likeness (QED) is 0.772. The second-order valence-electron chi connectivity index (χ2n) is 3.17. The normalized spacial score (nSPS) is 10.1. The van der Waals surface area contributed by atoms with Crippen LogP contribution in [0.2, 0.25) is 0 Å². The number of pyridine rings is 1. The molecule has 0 unspecified atom stereocenters. The summed E-state index contributed by atoms with van der Waals surface area (Å²) in [4.78, 5) is 13.8. The molecule has 2 rings (SSSR count). The SMILES string of the molecule is C=CCOc1ccc2ccc(=O)[nH]c2c1. The van der Waals surface area contributed by atoms with E-state index in [1.54, 1.807) is 18.2 Å². The fourth-order valence-corrected chi connectivity index (χ4v) is 1.37. The molecule has 76 valence electrons. The van der Waals surface area contributed by atoms with Crippen molar-refractivity contribution in [3.63, 3.8) is 0 Å². The second-order valence-corrected chi connectivity index (χ2v) is 3.17. The maximum atomic E-state index is 11.1. The van der Waals surface area contributed by atoms with Crippen molar-refractivity contribution in [2.45, 2.75) is 0 Å². The van der Waals surface area contributed by atoms with Crippen molar-refractivity contribution < 1.29 is 4.74 Å². The highest BCUT2D eigenvalue weighted by molar-refractivity contribution is 5.79. The zero-order chi connectivity index (χ0) is 10.7. The van der Waals surface area contributed by atoms with Crippen molar-refractivity contribution in [1.82, 2.24) is 4.98 Å². The molecular weight excluding hydrogens is 190 g/mol. The van der Waals surface area contributed by atoms with Gasteiger partial charge in [-0.2, -0.15) is 0 Å². The summed E-state index contributed by atoms with van der Waals surface area (Å²) < 4.78 is 5.36. The van der Waals surface area contributed by atoms with E-state index < -0.39 is 0 Å². The monoisotopic (exact) mass is 201 g/mol. The average Bonchev–Trinajstić information content (AvgIpc) is 2.25. The minimum Gasteiger partial charge on any atom is -0.489 e. The third kappa shape index (κ3) is 2.07. The highest BCUT2D eigenvalue weighted by Crippen LogP contribution is 2.17. The summed E-state index contributed by atoms with van der Waals surface area (Å²) in [6.45, 7) is 4.03. The fraction of sp³-hybridized carbons (Fsp3) is 0.0833. The van der Waals surface area contributed by atoms with E-state index in [4.69, 9.17) is 4.74 Å². The van der Waals surface area contributed by atoms with Gasteiger partial charge in [-0.25, -0.2) is 0 Å². The molecule has 0 aliphatic carbocycles. The van der Waals surface area contributed by atoms with E-state index >= 15 is 0 Å². The zero-order valence-electron chi connectivity index (χ0n) is 8.19. The summed E-state index contributed by atoms with van der Waals surface area (Å²) in [5, 5.41) is 0.987. The van der Waals surface area contributed by atoms with Crippen molar-refractivity contribution in [2.24, 2.45) is 0 Å². The van der Waals surface area contributed by atoms with Crippen molar-refractivity contribution in [2.75, 3.05) is 6.61 Å². The average molecular weight is 201 g/mol. The Morgan fingerprint density at radius 3 is 2.93 bits per heavy atom. The van der Waals surface area contributed by atoms with E-state index in [9.17, 15) is 4.79 Å². The molecule has 0 aliphatic heterocycles. The smallest absolute Gasteiger partial charge is 0.248 e. The molecule has 0 spiro atoms. The fourth-order valence-electron chi connectivity index (χ4n) is 1.37. The minimum atomic E-state index is -0.108. The van der Waals surface area contributed by atoms with Crippen LogP contribution in [0.5, 0.6) is 5.75 Å². The molecule has 3 heteroatoms. The van der Waals surface area contributed by atoms with Crippen molar-refractivity contribution in [3.05, 3.63) is 53.3 Å². The predicted molar refractivity (Wildman–Crippen MR) is 60.3 cm³/mol. The topological polar surface area (TPSA) is 42.1 Å². The standard InChI is InChI=1S/C12H11NO2/c1-2-7-15-10-5-3-9-4-6-12(14)13-11(9)8-10/h2-6,8H,1,7H2,(H,13,14). The van der Waals surface area contributed by atoms with Crippen LogP contribution in [0.25, 0.3) is 10.9 Å². The van der Waals surface area contributed by atoms with Crippen LogP contribution in [-0.2, 0) is 0 Å². The predicted octanol–water partition coefficient (Wildman–Crippen LogP) is 2.09. The number of hydrogen-bond donors (Lipinski definition) is 1. The maximum absolute atomic E-state index is 11.1. The summed E-state index contributed by atoms with van der Waals surface area (Å²) in [7, 11) is 0. The Bertz CT molecular complexity index is 543. The molecule has 0 radical (unpaired) electrons. The third-order valence-electron chi connectivity index (χ3n) is 2.06. The van der Waals surface area contributed by atoms with Crippen LogP contribution in [0.3, 0.4) is 0 Å². The molecule has 0 aliphatic rings. The van der Waals surface area contributed by atoms with Crippen molar-refractivity contribution in [1.29, 1.82) is 0 Å². The number of aromatic nitrogens is 1. The van der Waals surface area contributed by atoms with Gasteiger partial charge in [-0.3, -0.25) is 4.79 Å². The van der Waals surface area contributed by atoms with Gasteiger partial charge in [0.25, 0.3) is 0 Å². The number of fused-ring (bicyclic) bond motifs is 1. The molecule has 0 atom stereocenters.